The van der Waals surface area contributed by atoms with Gasteiger partial charge in [-0.3, -0.25) is 0 Å². The van der Waals surface area contributed by atoms with Crippen LogP contribution in [0.4, 0.5) is 0 Å². The van der Waals surface area contributed by atoms with Crippen LogP contribution in [0.5, 0.6) is 0 Å². The number of nitrogens with zero attached hydrogens (tertiary/aromatic N) is 2. The Morgan fingerprint density at radius 3 is 1.34 bits per heavy atom. The molecule has 0 bridgehead atoms. The molecule has 198 valence electrons. The van der Waals surface area contributed by atoms with Crippen LogP contribution in [0.2, 0.25) is 0 Å². The van der Waals surface area contributed by atoms with Crippen molar-refractivity contribution in [3.05, 3.63) is 70.3 Å². The molecule has 0 amide bonds. The normalized spacial score (nSPS) is 21.2. The number of pyridine rings is 2. The van der Waals surface area contributed by atoms with Crippen molar-refractivity contribution in [3.8, 4) is 0 Å². The molecule has 2 aliphatic carbocycles. The summed E-state index contributed by atoms with van der Waals surface area (Å²) >= 11 is 0. The number of hydrogen-bond donors (Lipinski definition) is 2. The third-order valence-electron chi connectivity index (χ3n) is 7.68. The second-order valence-corrected chi connectivity index (χ2v) is 10.1. The topological polar surface area (TPSA) is 135 Å². The zero-order valence-electron chi connectivity index (χ0n) is 22.1. The molecular formula is C28H30N2O8+2. The summed E-state index contributed by atoms with van der Waals surface area (Å²) in [5.41, 5.74) is 3.07. The van der Waals surface area contributed by atoms with Gasteiger partial charge in [-0.05, 0) is 36.1 Å². The first-order valence-corrected chi connectivity index (χ1v) is 11.9. The minimum atomic E-state index is -1.05. The van der Waals surface area contributed by atoms with Crippen molar-refractivity contribution in [3.63, 3.8) is 0 Å². The van der Waals surface area contributed by atoms with Gasteiger partial charge in [-0.2, -0.15) is 9.13 Å². The Hall–Kier alpha value is -4.34. The Labute approximate surface area is 219 Å². The molecule has 0 saturated heterocycles. The van der Waals surface area contributed by atoms with Crippen LogP contribution in [0.15, 0.2) is 36.9 Å². The molecule has 38 heavy (non-hydrogen) atoms. The van der Waals surface area contributed by atoms with Crippen LogP contribution in [-0.2, 0) is 43.0 Å². The maximum atomic E-state index is 13.0. The van der Waals surface area contributed by atoms with Crippen molar-refractivity contribution in [2.45, 2.75) is 51.6 Å². The van der Waals surface area contributed by atoms with Crippen molar-refractivity contribution in [2.24, 2.45) is 0 Å². The smallest absolute Gasteiger partial charge is 0.370 e. The van der Waals surface area contributed by atoms with E-state index in [1.54, 1.807) is 12.4 Å². The van der Waals surface area contributed by atoms with Crippen molar-refractivity contribution < 1.29 is 48.0 Å². The second kappa shape index (κ2) is 9.20. The minimum absolute atomic E-state index is 0.221. The third kappa shape index (κ3) is 3.96. The number of methoxy groups -OCH3 is 2. The largest absolute Gasteiger partial charge is 0.477 e. The fourth-order valence-corrected chi connectivity index (χ4v) is 6.01. The number of esters is 2. The molecule has 0 saturated carbocycles. The lowest BCUT2D eigenvalue weighted by Crippen LogP contribution is -2.46. The van der Waals surface area contributed by atoms with Gasteiger partial charge in [0.15, 0.2) is 24.8 Å². The molecule has 0 fully saturated rings. The average Bonchev–Trinajstić information content (AvgIpc) is 3.27. The molecule has 0 spiro atoms. The van der Waals surface area contributed by atoms with Gasteiger partial charge in [0.1, 0.15) is 11.1 Å². The first-order chi connectivity index (χ1) is 17.8. The minimum Gasteiger partial charge on any atom is -0.477 e. The summed E-state index contributed by atoms with van der Waals surface area (Å²) < 4.78 is 13.1. The highest BCUT2D eigenvalue weighted by Gasteiger charge is 2.55. The number of fused-ring (bicyclic) bond motifs is 2. The lowest BCUT2D eigenvalue weighted by molar-refractivity contribution is -0.686. The van der Waals surface area contributed by atoms with E-state index in [2.05, 4.69) is 0 Å². The average molecular weight is 523 g/mol. The highest BCUT2D eigenvalue weighted by atomic mass is 16.5. The monoisotopic (exact) mass is 522 g/mol. The summed E-state index contributed by atoms with van der Waals surface area (Å²) in [5.74, 6) is -3.33. The van der Waals surface area contributed by atoms with E-state index in [9.17, 15) is 29.4 Å². The van der Waals surface area contributed by atoms with Crippen molar-refractivity contribution in [2.75, 3.05) is 14.2 Å². The summed E-state index contributed by atoms with van der Waals surface area (Å²) in [5, 5.41) is 18.7. The molecule has 2 aromatic heterocycles. The van der Waals surface area contributed by atoms with E-state index >= 15 is 0 Å². The lowest BCUT2D eigenvalue weighted by Gasteiger charge is -2.42. The number of aromatic nitrogens is 2. The molecule has 2 N–H and O–H groups in total. The van der Waals surface area contributed by atoms with E-state index in [1.165, 1.54) is 35.7 Å². The summed E-state index contributed by atoms with van der Waals surface area (Å²) in [7, 11) is 2.53. The maximum absolute atomic E-state index is 13.0. The van der Waals surface area contributed by atoms with Crippen LogP contribution in [-0.4, -0.2) is 48.3 Å². The second-order valence-electron chi connectivity index (χ2n) is 10.1. The Balaban J connectivity index is 2.05. The van der Waals surface area contributed by atoms with Gasteiger partial charge < -0.3 is 19.7 Å². The molecule has 2 heterocycles. The molecule has 0 radical (unpaired) electrons. The first-order valence-electron chi connectivity index (χ1n) is 11.9. The van der Waals surface area contributed by atoms with Crippen LogP contribution < -0.4 is 9.13 Å². The SMILES string of the molecule is COC(=O)c1c[n+](CC(=O)O)cc2c1C(C)(C1(C)C=C(C)c3c[n+](CC(=O)O)cc(C(=O)OC)c31)C=C2C. The predicted octanol–water partition coefficient (Wildman–Crippen LogP) is 2.05. The number of hydrogen-bond acceptors (Lipinski definition) is 6. The number of allylic oxidation sites excluding steroid dienone is 4. The number of aliphatic carboxylic acids is 2. The zero-order chi connectivity index (χ0) is 28.2. The quantitative estimate of drug-likeness (QED) is 0.417. The summed E-state index contributed by atoms with van der Waals surface area (Å²) in [6.45, 7) is 7.04. The lowest BCUT2D eigenvalue weighted by atomic mass is 9.59. The number of carbonyl (C=O) groups excluding carboxylic acids is 2. The van der Waals surface area contributed by atoms with Gasteiger partial charge in [0.05, 0.1) is 14.2 Å². The number of carboxylic acids is 2. The van der Waals surface area contributed by atoms with E-state index in [4.69, 9.17) is 9.47 Å². The van der Waals surface area contributed by atoms with Crippen LogP contribution in [0.3, 0.4) is 0 Å². The number of carboxylic acid groups (broad SMARTS) is 2. The van der Waals surface area contributed by atoms with Gasteiger partial charge in [-0.15, -0.1) is 0 Å². The molecule has 2 aliphatic rings. The van der Waals surface area contributed by atoms with E-state index in [-0.39, 0.29) is 24.2 Å². The fraction of sp³-hybridized carbons (Fsp3) is 0.357. The van der Waals surface area contributed by atoms with E-state index in [1.807, 2.05) is 39.8 Å². The predicted molar refractivity (Wildman–Crippen MR) is 133 cm³/mol. The number of ether oxygens (including phenoxy) is 2. The van der Waals surface area contributed by atoms with Gasteiger partial charge in [0, 0.05) is 22.0 Å². The Bertz CT molecular complexity index is 1380. The van der Waals surface area contributed by atoms with Crippen LogP contribution in [0, 0.1) is 0 Å². The Kier molecular flexibility index (Phi) is 6.47. The van der Waals surface area contributed by atoms with Crippen LogP contribution in [0.1, 0.15) is 70.7 Å². The molecule has 10 heteroatoms. The van der Waals surface area contributed by atoms with Crippen LogP contribution >= 0.6 is 0 Å². The van der Waals surface area contributed by atoms with E-state index in [0.717, 1.165) is 11.1 Å². The fourth-order valence-electron chi connectivity index (χ4n) is 6.01. The molecule has 2 aromatic rings. The van der Waals surface area contributed by atoms with Gasteiger partial charge in [0.2, 0.25) is 13.1 Å². The number of carbonyl (C=O) groups is 4. The zero-order valence-corrected chi connectivity index (χ0v) is 22.1. The molecule has 0 aliphatic heterocycles. The van der Waals surface area contributed by atoms with Gasteiger partial charge in [-0.25, -0.2) is 19.2 Å². The molecule has 2 atom stereocenters. The summed E-state index contributed by atoms with van der Waals surface area (Å²) in [4.78, 5) is 49.0. The van der Waals surface area contributed by atoms with E-state index < -0.39 is 34.7 Å². The Morgan fingerprint density at radius 1 is 0.711 bits per heavy atom. The van der Waals surface area contributed by atoms with Crippen LogP contribution in [0.25, 0.3) is 11.1 Å². The van der Waals surface area contributed by atoms with Crippen molar-refractivity contribution in [1.29, 1.82) is 0 Å². The molecule has 2 unspecified atom stereocenters. The molecular weight excluding hydrogens is 492 g/mol. The van der Waals surface area contributed by atoms with Gasteiger partial charge in [0.25, 0.3) is 0 Å². The number of rotatable bonds is 7. The highest BCUT2D eigenvalue weighted by molar-refractivity contribution is 5.97. The standard InChI is InChI=1S/C28H28N2O8/c1-15-7-27(3,23-17(15)9-29(13-21(31)32)11-19(23)25(35)37-5)28(4)8-16(2)18-10-30(14-22(33)34)12-20(24(18)28)26(36)38-6/h7-12H,13-14H2,1-6H3/p+2. The van der Waals surface area contributed by atoms with Crippen molar-refractivity contribution in [1.82, 2.24) is 0 Å². The molecule has 0 aromatic carbocycles. The molecule has 10 nitrogen and oxygen atoms in total. The maximum Gasteiger partial charge on any atom is 0.370 e. The van der Waals surface area contributed by atoms with Gasteiger partial charge in [-0.1, -0.05) is 26.0 Å². The third-order valence-corrected chi connectivity index (χ3v) is 7.68. The molecule has 4 rings (SSSR count). The summed E-state index contributed by atoms with van der Waals surface area (Å²) in [6, 6.07) is 0. The van der Waals surface area contributed by atoms with E-state index in [0.29, 0.717) is 22.3 Å². The van der Waals surface area contributed by atoms with Crippen molar-refractivity contribution >= 4 is 35.0 Å². The highest BCUT2D eigenvalue weighted by Crippen LogP contribution is 2.58. The van der Waals surface area contributed by atoms with Gasteiger partial charge >= 0.3 is 23.9 Å². The summed E-state index contributed by atoms with van der Waals surface area (Å²) in [6.07, 6.45) is 10.4. The Morgan fingerprint density at radius 2 is 1.05 bits per heavy atom. The first kappa shape index (κ1) is 26.7.